The number of benzene rings is 3. The molecule has 202 valence electrons. The molecule has 2 amide bonds. The number of rotatable bonds is 11. The van der Waals surface area contributed by atoms with E-state index in [9.17, 15) is 18.0 Å². The number of hydrogen-bond acceptors (Lipinski definition) is 4. The van der Waals surface area contributed by atoms with Gasteiger partial charge in [0, 0.05) is 22.6 Å². The average Bonchev–Trinajstić information content (AvgIpc) is 2.88. The fourth-order valence-corrected chi connectivity index (χ4v) is 5.72. The van der Waals surface area contributed by atoms with Gasteiger partial charge in [-0.3, -0.25) is 13.9 Å². The van der Waals surface area contributed by atoms with E-state index in [2.05, 4.69) is 5.32 Å². The smallest absolute Gasteiger partial charge is 0.264 e. The van der Waals surface area contributed by atoms with Crippen LogP contribution in [0.5, 0.6) is 0 Å². The summed E-state index contributed by atoms with van der Waals surface area (Å²) in [6, 6.07) is 20.1. The zero-order valence-corrected chi connectivity index (χ0v) is 23.8. The number of carbonyl (C=O) groups excluding carboxylic acids is 2. The molecule has 0 fully saturated rings. The number of nitrogens with one attached hydrogen (secondary N) is 1. The van der Waals surface area contributed by atoms with Crippen LogP contribution in [0.25, 0.3) is 0 Å². The lowest BCUT2D eigenvalue weighted by atomic mass is 10.1. The molecule has 0 unspecified atom stereocenters. The van der Waals surface area contributed by atoms with E-state index in [1.54, 1.807) is 61.5 Å². The van der Waals surface area contributed by atoms with Gasteiger partial charge in [0.25, 0.3) is 10.0 Å². The van der Waals surface area contributed by atoms with E-state index in [-0.39, 0.29) is 29.1 Å². The lowest BCUT2D eigenvalue weighted by Crippen LogP contribution is -2.53. The molecule has 3 aromatic rings. The molecule has 1 atom stereocenters. The average molecular weight is 577 g/mol. The first kappa shape index (κ1) is 29.5. The van der Waals surface area contributed by atoms with Gasteiger partial charge in [-0.25, -0.2) is 8.42 Å². The number of amides is 2. The Morgan fingerprint density at radius 1 is 0.895 bits per heavy atom. The molecule has 0 aliphatic rings. The number of carbonyl (C=O) groups is 2. The molecule has 0 bridgehead atoms. The molecular weight excluding hydrogens is 545 g/mol. The van der Waals surface area contributed by atoms with Crippen molar-refractivity contribution in [1.82, 2.24) is 10.2 Å². The van der Waals surface area contributed by atoms with Gasteiger partial charge in [-0.05, 0) is 68.3 Å². The molecule has 0 saturated carbocycles. The van der Waals surface area contributed by atoms with E-state index < -0.39 is 28.5 Å². The topological polar surface area (TPSA) is 86.8 Å². The van der Waals surface area contributed by atoms with E-state index in [1.807, 2.05) is 13.8 Å². The minimum absolute atomic E-state index is 0.0301. The zero-order chi connectivity index (χ0) is 27.9. The van der Waals surface area contributed by atoms with Crippen molar-refractivity contribution in [3.63, 3.8) is 0 Å². The van der Waals surface area contributed by atoms with Crippen LogP contribution in [0.4, 0.5) is 5.69 Å². The lowest BCUT2D eigenvalue weighted by Gasteiger charge is -2.33. The first-order valence-corrected chi connectivity index (χ1v) is 14.4. The molecule has 7 nitrogen and oxygen atoms in total. The van der Waals surface area contributed by atoms with Crippen LogP contribution in [0.1, 0.15) is 32.8 Å². The molecule has 0 radical (unpaired) electrons. The molecule has 0 aliphatic heterocycles. The molecule has 0 aliphatic carbocycles. The Bertz CT molecular complexity index is 1350. The monoisotopic (exact) mass is 575 g/mol. The van der Waals surface area contributed by atoms with Crippen LogP contribution in [-0.2, 0) is 26.2 Å². The first-order valence-electron chi connectivity index (χ1n) is 12.2. The Kier molecular flexibility index (Phi) is 10.2. The summed E-state index contributed by atoms with van der Waals surface area (Å²) in [5.41, 5.74) is 0.909. The van der Waals surface area contributed by atoms with Crippen LogP contribution >= 0.6 is 23.2 Å². The molecule has 10 heteroatoms. The summed E-state index contributed by atoms with van der Waals surface area (Å²) in [7, 11) is -4.13. The van der Waals surface area contributed by atoms with Crippen LogP contribution in [-0.4, -0.2) is 43.8 Å². The third-order valence-corrected chi connectivity index (χ3v) is 8.25. The predicted octanol–water partition coefficient (Wildman–Crippen LogP) is 5.52. The minimum Gasteiger partial charge on any atom is -0.352 e. The fraction of sp³-hybridized carbons (Fsp3) is 0.286. The second kappa shape index (κ2) is 13.1. The second-order valence-electron chi connectivity index (χ2n) is 9.00. The van der Waals surface area contributed by atoms with Gasteiger partial charge in [0.05, 0.1) is 10.6 Å². The van der Waals surface area contributed by atoms with Crippen molar-refractivity contribution in [2.75, 3.05) is 10.8 Å². The summed E-state index contributed by atoms with van der Waals surface area (Å²) in [5.74, 6) is -0.878. The Labute approximate surface area is 234 Å². The van der Waals surface area contributed by atoms with Crippen LogP contribution in [0.15, 0.2) is 83.8 Å². The molecule has 0 aromatic heterocycles. The number of nitrogens with zero attached hydrogens (tertiary/aromatic N) is 2. The summed E-state index contributed by atoms with van der Waals surface area (Å²) in [4.78, 5) is 28.5. The van der Waals surface area contributed by atoms with E-state index in [4.69, 9.17) is 23.2 Å². The van der Waals surface area contributed by atoms with Crippen LogP contribution < -0.4 is 9.62 Å². The van der Waals surface area contributed by atoms with Crippen LogP contribution in [0.2, 0.25) is 10.0 Å². The largest absolute Gasteiger partial charge is 0.352 e. The van der Waals surface area contributed by atoms with Crippen LogP contribution in [0.3, 0.4) is 0 Å². The van der Waals surface area contributed by atoms with Crippen molar-refractivity contribution in [1.29, 1.82) is 0 Å². The molecule has 3 rings (SSSR count). The lowest BCUT2D eigenvalue weighted by molar-refractivity contribution is -0.140. The van der Waals surface area contributed by atoms with E-state index >= 15 is 0 Å². The normalized spacial score (nSPS) is 12.2. The maximum absolute atomic E-state index is 13.9. The summed E-state index contributed by atoms with van der Waals surface area (Å²) >= 11 is 12.4. The summed E-state index contributed by atoms with van der Waals surface area (Å²) in [6.07, 6.45) is 0.321. The van der Waals surface area contributed by atoms with E-state index in [0.29, 0.717) is 22.0 Å². The number of hydrogen-bond donors (Lipinski definition) is 1. The Morgan fingerprint density at radius 3 is 2.08 bits per heavy atom. The highest BCUT2D eigenvalue weighted by atomic mass is 35.5. The van der Waals surface area contributed by atoms with Gasteiger partial charge < -0.3 is 10.2 Å². The Hall–Kier alpha value is -3.07. The standard InChI is InChI=1S/C28H31Cl2N3O4S/c1-4-26(28(35)31-20(2)3)32(18-21-10-8-9-13-25(21)30)27(34)19-33(23-16-14-22(29)15-17-23)38(36,37)24-11-6-5-7-12-24/h5-17,20,26H,4,18-19H2,1-3H3,(H,31,35)/t26-/m0/s1. The minimum atomic E-state index is -4.13. The Morgan fingerprint density at radius 2 is 1.50 bits per heavy atom. The molecule has 0 saturated heterocycles. The molecule has 0 spiro atoms. The van der Waals surface area contributed by atoms with Gasteiger partial charge in [0.2, 0.25) is 11.8 Å². The highest BCUT2D eigenvalue weighted by molar-refractivity contribution is 7.92. The van der Waals surface area contributed by atoms with E-state index in [0.717, 1.165) is 4.31 Å². The van der Waals surface area contributed by atoms with Crippen molar-refractivity contribution in [3.05, 3.63) is 94.5 Å². The third kappa shape index (κ3) is 7.28. The molecule has 38 heavy (non-hydrogen) atoms. The number of anilines is 1. The number of halogens is 2. The third-order valence-electron chi connectivity index (χ3n) is 5.84. The molecule has 1 N–H and O–H groups in total. The summed E-state index contributed by atoms with van der Waals surface area (Å²) in [6.45, 7) is 4.96. The van der Waals surface area contributed by atoms with Gasteiger partial charge in [-0.1, -0.05) is 66.5 Å². The van der Waals surface area contributed by atoms with E-state index in [1.165, 1.54) is 29.2 Å². The van der Waals surface area contributed by atoms with Crippen LogP contribution in [0, 0.1) is 0 Å². The van der Waals surface area contributed by atoms with Gasteiger partial charge in [-0.15, -0.1) is 0 Å². The van der Waals surface area contributed by atoms with Crippen molar-refractivity contribution in [3.8, 4) is 0 Å². The van der Waals surface area contributed by atoms with Crippen molar-refractivity contribution in [2.45, 2.75) is 50.7 Å². The molecular formula is C28H31Cl2N3O4S. The second-order valence-corrected chi connectivity index (χ2v) is 11.7. The SMILES string of the molecule is CC[C@@H](C(=O)NC(C)C)N(Cc1ccccc1Cl)C(=O)CN(c1ccc(Cl)cc1)S(=O)(=O)c1ccccc1. The number of sulfonamides is 1. The zero-order valence-electron chi connectivity index (χ0n) is 21.5. The summed E-state index contributed by atoms with van der Waals surface area (Å²) < 4.78 is 28.5. The highest BCUT2D eigenvalue weighted by Gasteiger charge is 2.34. The van der Waals surface area contributed by atoms with Crippen molar-refractivity contribution < 1.29 is 18.0 Å². The van der Waals surface area contributed by atoms with Gasteiger partial charge >= 0.3 is 0 Å². The van der Waals surface area contributed by atoms with Gasteiger partial charge in [0.15, 0.2) is 0 Å². The predicted molar refractivity (Wildman–Crippen MR) is 152 cm³/mol. The molecule has 0 heterocycles. The van der Waals surface area contributed by atoms with Gasteiger partial charge in [-0.2, -0.15) is 0 Å². The Balaban J connectivity index is 2.06. The highest BCUT2D eigenvalue weighted by Crippen LogP contribution is 2.26. The first-order chi connectivity index (χ1) is 18.0. The quantitative estimate of drug-likeness (QED) is 0.326. The molecule has 3 aromatic carbocycles. The summed E-state index contributed by atoms with van der Waals surface area (Å²) in [5, 5.41) is 3.73. The fourth-order valence-electron chi connectivity index (χ4n) is 3.97. The maximum atomic E-state index is 13.9. The van der Waals surface area contributed by atoms with Crippen molar-refractivity contribution in [2.24, 2.45) is 0 Å². The maximum Gasteiger partial charge on any atom is 0.264 e. The van der Waals surface area contributed by atoms with Gasteiger partial charge in [0.1, 0.15) is 12.6 Å². The van der Waals surface area contributed by atoms with Crippen molar-refractivity contribution >= 4 is 50.7 Å².